The van der Waals surface area contributed by atoms with E-state index in [1.54, 1.807) is 18.4 Å². The van der Waals surface area contributed by atoms with E-state index in [-0.39, 0.29) is 17.9 Å². The first-order valence-corrected chi connectivity index (χ1v) is 14.3. The van der Waals surface area contributed by atoms with Gasteiger partial charge in [0.1, 0.15) is 23.8 Å². The molecule has 1 aromatic heterocycles. The number of aryl methyl sites for hydroxylation is 1. The highest BCUT2D eigenvalue weighted by Gasteiger charge is 2.40. The Kier molecular flexibility index (Phi) is 8.35. The molecule has 1 unspecified atom stereocenters. The molecule has 0 saturated carbocycles. The summed E-state index contributed by atoms with van der Waals surface area (Å²) >= 11 is 1.58. The maximum Gasteiger partial charge on any atom is 0.246 e. The number of nitrogens with zero attached hydrogens (tertiary/aromatic N) is 2. The Balaban J connectivity index is 1.41. The van der Waals surface area contributed by atoms with Gasteiger partial charge < -0.3 is 20.3 Å². The second-order valence-corrected chi connectivity index (χ2v) is 11.1. The van der Waals surface area contributed by atoms with Crippen molar-refractivity contribution in [3.63, 3.8) is 0 Å². The minimum Gasteiger partial charge on any atom is -0.381 e. The number of aromatic nitrogens is 1. The van der Waals surface area contributed by atoms with Crippen LogP contribution in [0.2, 0.25) is 0 Å². The Labute approximate surface area is 226 Å². The van der Waals surface area contributed by atoms with E-state index in [1.807, 2.05) is 17.0 Å². The molecular weight excluding hydrogens is 503 g/mol. The third-order valence-corrected chi connectivity index (χ3v) is 8.83. The molecule has 9 heteroatoms. The molecule has 2 aliphatic heterocycles. The summed E-state index contributed by atoms with van der Waals surface area (Å²) in [5.74, 6) is -0.651. The van der Waals surface area contributed by atoms with Crippen molar-refractivity contribution in [2.24, 2.45) is 5.92 Å². The number of likely N-dealkylation sites (N-methyl/N-ethyl adjacent to an activating group) is 1. The maximum atomic E-state index is 14.0. The number of carbonyl (C=O) groups excluding carboxylic acids is 2. The van der Waals surface area contributed by atoms with Crippen LogP contribution in [0.3, 0.4) is 0 Å². The van der Waals surface area contributed by atoms with Crippen LogP contribution in [0.25, 0.3) is 22.0 Å². The number of fused-ring (bicyclic) bond motifs is 1. The van der Waals surface area contributed by atoms with Crippen molar-refractivity contribution < 1.29 is 18.7 Å². The molecule has 2 aromatic carbocycles. The molecule has 0 aliphatic carbocycles. The van der Waals surface area contributed by atoms with E-state index in [0.29, 0.717) is 32.6 Å². The predicted octanol–water partition coefficient (Wildman–Crippen LogP) is 4.40. The van der Waals surface area contributed by atoms with Crippen molar-refractivity contribution in [1.82, 2.24) is 20.5 Å². The first kappa shape index (κ1) is 26.7. The summed E-state index contributed by atoms with van der Waals surface area (Å²) < 4.78 is 18.9. The van der Waals surface area contributed by atoms with Crippen molar-refractivity contribution in [3.8, 4) is 11.3 Å². The number of nitrogens with one attached hydrogen (secondary N) is 2. The molecule has 2 fully saturated rings. The Morgan fingerprint density at radius 1 is 1.16 bits per heavy atom. The van der Waals surface area contributed by atoms with Crippen LogP contribution < -0.4 is 10.6 Å². The van der Waals surface area contributed by atoms with E-state index in [1.165, 1.54) is 10.9 Å². The largest absolute Gasteiger partial charge is 0.381 e. The number of alkyl halides is 1. The van der Waals surface area contributed by atoms with Gasteiger partial charge in [-0.1, -0.05) is 36.4 Å². The summed E-state index contributed by atoms with van der Waals surface area (Å²) in [7, 11) is 1.54. The molecule has 7 nitrogen and oxygen atoms in total. The number of thiazole rings is 1. The molecule has 2 amide bonds. The van der Waals surface area contributed by atoms with Crippen LogP contribution >= 0.6 is 11.3 Å². The molecule has 2 aliphatic rings. The number of amides is 2. The summed E-state index contributed by atoms with van der Waals surface area (Å²) in [6, 6.07) is 10.8. The first-order valence-electron chi connectivity index (χ1n) is 13.4. The molecule has 3 aromatic rings. The SMILES string of the molecule is CNC(CF)C(=O)N[C@H](C(=O)N1CCC[C@H]1c1nc(-c2ccc(C)c3ccccc23)cs1)C1CCOCC1. The molecule has 0 bridgehead atoms. The highest BCUT2D eigenvalue weighted by atomic mass is 32.1. The monoisotopic (exact) mass is 538 g/mol. The van der Waals surface area contributed by atoms with Gasteiger partial charge in [-0.3, -0.25) is 9.59 Å². The quantitative estimate of drug-likeness (QED) is 0.444. The number of hydrogen-bond acceptors (Lipinski definition) is 6. The van der Waals surface area contributed by atoms with Crippen LogP contribution in [0.5, 0.6) is 0 Å². The Bertz CT molecular complexity index is 1290. The van der Waals surface area contributed by atoms with Crippen molar-refractivity contribution in [2.45, 2.75) is 50.7 Å². The van der Waals surface area contributed by atoms with Crippen LogP contribution in [0, 0.1) is 12.8 Å². The highest BCUT2D eigenvalue weighted by Crippen LogP contribution is 2.38. The minimum atomic E-state index is -0.981. The summed E-state index contributed by atoms with van der Waals surface area (Å²) in [6.07, 6.45) is 3.05. The Hall–Kier alpha value is -2.88. The van der Waals surface area contributed by atoms with Gasteiger partial charge in [0.25, 0.3) is 0 Å². The fourth-order valence-corrected chi connectivity index (χ4v) is 6.63. The van der Waals surface area contributed by atoms with Gasteiger partial charge in [0.05, 0.1) is 11.7 Å². The van der Waals surface area contributed by atoms with Crippen molar-refractivity contribution >= 4 is 33.9 Å². The number of halogens is 1. The number of ether oxygens (including phenoxy) is 1. The van der Waals surface area contributed by atoms with Crippen LogP contribution in [0.15, 0.2) is 41.8 Å². The average molecular weight is 539 g/mol. The van der Waals surface area contributed by atoms with Gasteiger partial charge in [-0.2, -0.15) is 0 Å². The summed E-state index contributed by atoms with van der Waals surface area (Å²) in [5.41, 5.74) is 3.22. The number of likely N-dealkylation sites (tertiary alicyclic amines) is 1. The molecule has 2 saturated heterocycles. The van der Waals surface area contributed by atoms with Gasteiger partial charge in [0.15, 0.2) is 0 Å². The van der Waals surface area contributed by atoms with Crippen LogP contribution in [0.4, 0.5) is 4.39 Å². The van der Waals surface area contributed by atoms with Crippen LogP contribution in [0.1, 0.15) is 42.3 Å². The van der Waals surface area contributed by atoms with E-state index >= 15 is 0 Å². The van der Waals surface area contributed by atoms with Gasteiger partial charge >= 0.3 is 0 Å². The lowest BCUT2D eigenvalue weighted by atomic mass is 9.90. The number of carbonyl (C=O) groups is 2. The fourth-order valence-electron chi connectivity index (χ4n) is 5.67. The number of benzene rings is 2. The van der Waals surface area contributed by atoms with E-state index in [4.69, 9.17) is 9.72 Å². The van der Waals surface area contributed by atoms with E-state index < -0.39 is 24.7 Å². The zero-order valence-corrected chi connectivity index (χ0v) is 22.7. The lowest BCUT2D eigenvalue weighted by Crippen LogP contribution is -2.57. The second kappa shape index (κ2) is 11.9. The van der Waals surface area contributed by atoms with E-state index in [9.17, 15) is 14.0 Å². The second-order valence-electron chi connectivity index (χ2n) is 10.2. The molecule has 5 rings (SSSR count). The molecule has 3 atom stereocenters. The summed E-state index contributed by atoms with van der Waals surface area (Å²) in [6.45, 7) is 2.99. The van der Waals surface area contributed by atoms with Crippen molar-refractivity contribution in [3.05, 3.63) is 52.3 Å². The fraction of sp³-hybridized carbons (Fsp3) is 0.483. The Morgan fingerprint density at radius 3 is 2.66 bits per heavy atom. The molecule has 0 spiro atoms. The molecule has 2 N–H and O–H groups in total. The molecule has 202 valence electrons. The zero-order valence-electron chi connectivity index (χ0n) is 21.9. The van der Waals surface area contributed by atoms with Gasteiger partial charge in [-0.15, -0.1) is 11.3 Å². The third-order valence-electron chi connectivity index (χ3n) is 7.88. The standard InChI is InChI=1S/C29H35FN4O3S/c1-18-9-10-22(21-7-4-3-6-20(18)21)24-17-38-28(32-24)25-8-5-13-34(25)29(36)26(19-11-14-37-15-12-19)33-27(35)23(16-30)31-2/h3-4,6-7,9-10,17,19,23,25-26,31H,5,8,11-16H2,1-2H3,(H,33,35)/t23?,25-,26-/m0/s1. The zero-order chi connectivity index (χ0) is 26.6. The summed E-state index contributed by atoms with van der Waals surface area (Å²) in [5, 5.41) is 10.9. The molecular formula is C29H35FN4O3S. The molecule has 0 radical (unpaired) electrons. The van der Waals surface area contributed by atoms with Crippen molar-refractivity contribution in [2.75, 3.05) is 33.5 Å². The van der Waals surface area contributed by atoms with Crippen LogP contribution in [-0.2, 0) is 14.3 Å². The average Bonchev–Trinajstić information content (AvgIpc) is 3.63. The lowest BCUT2D eigenvalue weighted by molar-refractivity contribution is -0.140. The van der Waals surface area contributed by atoms with Crippen LogP contribution in [-0.4, -0.2) is 67.3 Å². The highest BCUT2D eigenvalue weighted by molar-refractivity contribution is 7.10. The van der Waals surface area contributed by atoms with Gasteiger partial charge in [-0.25, -0.2) is 9.37 Å². The Morgan fingerprint density at radius 2 is 1.92 bits per heavy atom. The minimum absolute atomic E-state index is 0.0515. The maximum absolute atomic E-state index is 14.0. The summed E-state index contributed by atoms with van der Waals surface area (Å²) in [4.78, 5) is 33.7. The first-order chi connectivity index (χ1) is 18.5. The van der Waals surface area contributed by atoms with Gasteiger partial charge in [0, 0.05) is 30.7 Å². The smallest absolute Gasteiger partial charge is 0.246 e. The number of hydrogen-bond donors (Lipinski definition) is 2. The topological polar surface area (TPSA) is 83.6 Å². The molecule has 38 heavy (non-hydrogen) atoms. The van der Waals surface area contributed by atoms with E-state index in [0.717, 1.165) is 34.5 Å². The predicted molar refractivity (Wildman–Crippen MR) is 148 cm³/mol. The normalized spacial score (nSPS) is 20.0. The lowest BCUT2D eigenvalue weighted by Gasteiger charge is -2.35. The van der Waals surface area contributed by atoms with Gasteiger partial charge in [-0.05, 0) is 61.9 Å². The number of rotatable bonds is 8. The van der Waals surface area contributed by atoms with Crippen molar-refractivity contribution in [1.29, 1.82) is 0 Å². The third kappa shape index (κ3) is 5.32. The molecule has 3 heterocycles. The van der Waals surface area contributed by atoms with Gasteiger partial charge in [0.2, 0.25) is 11.8 Å². The van der Waals surface area contributed by atoms with E-state index in [2.05, 4.69) is 47.2 Å².